The molecule has 2 aromatic rings. The first-order valence-corrected chi connectivity index (χ1v) is 11.5. The molecule has 28 heavy (non-hydrogen) atoms. The fraction of sp³-hybridized carbons (Fsp3) is 0.450. The van der Waals surface area contributed by atoms with E-state index in [9.17, 15) is 8.42 Å². The summed E-state index contributed by atoms with van der Waals surface area (Å²) in [5.41, 5.74) is 0.981. The molecule has 3 rings (SSSR count). The van der Waals surface area contributed by atoms with Gasteiger partial charge < -0.3 is 4.90 Å². The second-order valence-corrected chi connectivity index (χ2v) is 9.32. The Morgan fingerprint density at radius 3 is 2.57 bits per heavy atom. The van der Waals surface area contributed by atoms with Crippen LogP contribution in [0, 0.1) is 11.8 Å². The molecule has 2 heterocycles. The largest absolute Gasteiger partial charge is 0.338 e. The lowest BCUT2D eigenvalue weighted by molar-refractivity contribution is 0.286. The van der Waals surface area contributed by atoms with Crippen molar-refractivity contribution < 1.29 is 8.42 Å². The molecule has 0 radical (unpaired) electrons. The molecule has 0 saturated heterocycles. The van der Waals surface area contributed by atoms with Crippen LogP contribution in [0.3, 0.4) is 0 Å². The highest BCUT2D eigenvalue weighted by Gasteiger charge is 2.30. The summed E-state index contributed by atoms with van der Waals surface area (Å²) >= 11 is 5.81. The third kappa shape index (κ3) is 5.12. The van der Waals surface area contributed by atoms with E-state index in [2.05, 4.69) is 14.7 Å². The molecule has 1 fully saturated rings. The number of nitrogens with zero attached hydrogens (tertiary/aromatic N) is 3. The predicted molar refractivity (Wildman–Crippen MR) is 115 cm³/mol. The Bertz CT molecular complexity index is 876. The number of nitrogens with one attached hydrogen (secondary N) is 1. The van der Waals surface area contributed by atoms with E-state index in [1.54, 1.807) is 24.5 Å². The molecule has 1 saturated carbocycles. The minimum Gasteiger partial charge on any atom is -0.338 e. The van der Waals surface area contributed by atoms with Crippen LogP contribution in [-0.4, -0.2) is 37.0 Å². The molecule has 6 nitrogen and oxygen atoms in total. The first kappa shape index (κ1) is 20.8. The van der Waals surface area contributed by atoms with Gasteiger partial charge in [-0.3, -0.25) is 9.97 Å². The van der Waals surface area contributed by atoms with E-state index in [0.29, 0.717) is 12.5 Å². The molecule has 0 unspecified atom stereocenters. The number of pyridine rings is 2. The van der Waals surface area contributed by atoms with Crippen LogP contribution >= 0.6 is 12.2 Å². The van der Waals surface area contributed by atoms with Crippen molar-refractivity contribution in [1.82, 2.24) is 14.7 Å². The Labute approximate surface area is 172 Å². The zero-order chi connectivity index (χ0) is 20.0. The van der Waals surface area contributed by atoms with Gasteiger partial charge in [0.05, 0.1) is 16.9 Å². The Morgan fingerprint density at radius 1 is 1.18 bits per heavy atom. The second-order valence-electron chi connectivity index (χ2n) is 7.13. The van der Waals surface area contributed by atoms with Crippen LogP contribution in [-0.2, 0) is 10.0 Å². The lowest BCUT2D eigenvalue weighted by Gasteiger charge is -2.35. The van der Waals surface area contributed by atoms with E-state index in [0.717, 1.165) is 42.8 Å². The molecule has 2 atom stereocenters. The molecule has 0 aliphatic heterocycles. The smallest absolute Gasteiger partial charge is 0.242 e. The van der Waals surface area contributed by atoms with Crippen LogP contribution < -0.4 is 9.62 Å². The zero-order valence-corrected chi connectivity index (χ0v) is 17.6. The monoisotopic (exact) mass is 418 g/mol. The Balaban J connectivity index is 1.61. The van der Waals surface area contributed by atoms with Crippen molar-refractivity contribution in [2.75, 3.05) is 18.5 Å². The third-order valence-electron chi connectivity index (χ3n) is 5.34. The van der Waals surface area contributed by atoms with Gasteiger partial charge in [-0.2, -0.15) is 0 Å². The van der Waals surface area contributed by atoms with Gasteiger partial charge in [0, 0.05) is 38.1 Å². The molecule has 0 aromatic carbocycles. The summed E-state index contributed by atoms with van der Waals surface area (Å²) in [4.78, 5) is 11.2. The van der Waals surface area contributed by atoms with Gasteiger partial charge in [-0.1, -0.05) is 25.1 Å². The predicted octanol–water partition coefficient (Wildman–Crippen LogP) is 3.42. The van der Waals surface area contributed by atoms with Crippen molar-refractivity contribution in [3.8, 4) is 0 Å². The molecule has 0 spiro atoms. The summed E-state index contributed by atoms with van der Waals surface area (Å²) in [6, 6.07) is 7.08. The maximum absolute atomic E-state index is 12.4. The quantitative estimate of drug-likeness (QED) is 0.695. The summed E-state index contributed by atoms with van der Waals surface area (Å²) in [6.07, 6.45) is 11.7. The molecule has 150 valence electrons. The van der Waals surface area contributed by atoms with Crippen molar-refractivity contribution in [1.29, 1.82) is 0 Å². The van der Waals surface area contributed by atoms with Gasteiger partial charge >= 0.3 is 0 Å². The second kappa shape index (κ2) is 9.54. The molecule has 1 aliphatic rings. The standard InChI is InChI=1S/C20H26N4O2S2/c1-24(17-7-4-11-21-14-17)20(27)19-9-3-2-6-16(19)10-13-23-28(25,26)18-8-5-12-22-15-18/h4-5,7-8,11-12,14-16,19,23H,2-3,6,9-10,13H2,1H3/t16-,19+/m0/s1. The summed E-state index contributed by atoms with van der Waals surface area (Å²) in [5.74, 6) is 0.647. The fourth-order valence-corrected chi connectivity index (χ4v) is 5.20. The molecule has 2 aromatic heterocycles. The first-order chi connectivity index (χ1) is 13.5. The number of aromatic nitrogens is 2. The minimum atomic E-state index is -3.52. The van der Waals surface area contributed by atoms with Crippen molar-refractivity contribution in [2.45, 2.75) is 37.0 Å². The molecule has 0 amide bonds. The van der Waals surface area contributed by atoms with Crippen LogP contribution in [0.25, 0.3) is 0 Å². The molecule has 0 bridgehead atoms. The highest BCUT2D eigenvalue weighted by atomic mass is 32.2. The van der Waals surface area contributed by atoms with Crippen LogP contribution in [0.1, 0.15) is 32.1 Å². The van der Waals surface area contributed by atoms with Crippen molar-refractivity contribution >= 4 is 32.9 Å². The van der Waals surface area contributed by atoms with Crippen LogP contribution in [0.4, 0.5) is 5.69 Å². The molecular weight excluding hydrogens is 392 g/mol. The average Bonchev–Trinajstić information content (AvgIpc) is 2.74. The maximum Gasteiger partial charge on any atom is 0.242 e. The summed E-state index contributed by atoms with van der Waals surface area (Å²) in [5, 5.41) is 0. The summed E-state index contributed by atoms with van der Waals surface area (Å²) in [6.45, 7) is 0.400. The van der Waals surface area contributed by atoms with Gasteiger partial charge in [0.25, 0.3) is 0 Å². The van der Waals surface area contributed by atoms with E-state index < -0.39 is 10.0 Å². The summed E-state index contributed by atoms with van der Waals surface area (Å²) < 4.78 is 27.5. The normalized spacial score (nSPS) is 19.9. The van der Waals surface area contributed by atoms with E-state index in [-0.39, 0.29) is 10.8 Å². The minimum absolute atomic E-state index is 0.196. The van der Waals surface area contributed by atoms with Crippen LogP contribution in [0.15, 0.2) is 53.9 Å². The van der Waals surface area contributed by atoms with E-state index in [4.69, 9.17) is 12.2 Å². The SMILES string of the molecule is CN(C(=S)[C@@H]1CCCC[C@H]1CCNS(=O)(=O)c1cccnc1)c1cccnc1. The van der Waals surface area contributed by atoms with Gasteiger partial charge in [-0.15, -0.1) is 0 Å². The van der Waals surface area contributed by atoms with Gasteiger partial charge in [0.2, 0.25) is 10.0 Å². The Hall–Kier alpha value is -1.90. The number of anilines is 1. The number of thiocarbonyl (C=S) groups is 1. The topological polar surface area (TPSA) is 75.2 Å². The highest BCUT2D eigenvalue weighted by molar-refractivity contribution is 7.89. The molecular formula is C20H26N4O2S2. The Kier molecular flexibility index (Phi) is 7.09. The lowest BCUT2D eigenvalue weighted by atomic mass is 9.77. The zero-order valence-electron chi connectivity index (χ0n) is 16.0. The number of hydrogen-bond acceptors (Lipinski definition) is 5. The van der Waals surface area contributed by atoms with Crippen LogP contribution in [0.5, 0.6) is 0 Å². The maximum atomic E-state index is 12.4. The first-order valence-electron chi connectivity index (χ1n) is 9.56. The molecule has 1 aliphatic carbocycles. The van der Waals surface area contributed by atoms with Crippen LogP contribution in [0.2, 0.25) is 0 Å². The van der Waals surface area contributed by atoms with Gasteiger partial charge in [-0.25, -0.2) is 13.1 Å². The molecule has 8 heteroatoms. The lowest BCUT2D eigenvalue weighted by Crippen LogP contribution is -2.38. The van der Waals surface area contributed by atoms with E-state index in [1.165, 1.54) is 6.20 Å². The van der Waals surface area contributed by atoms with Gasteiger partial charge in [-0.05, 0) is 49.4 Å². The van der Waals surface area contributed by atoms with Crippen molar-refractivity contribution in [3.05, 3.63) is 49.1 Å². The fourth-order valence-electron chi connectivity index (χ4n) is 3.77. The highest BCUT2D eigenvalue weighted by Crippen LogP contribution is 2.35. The Morgan fingerprint density at radius 2 is 1.89 bits per heavy atom. The van der Waals surface area contributed by atoms with Gasteiger partial charge in [0.15, 0.2) is 0 Å². The van der Waals surface area contributed by atoms with Crippen molar-refractivity contribution in [2.24, 2.45) is 11.8 Å². The van der Waals surface area contributed by atoms with E-state index >= 15 is 0 Å². The van der Waals surface area contributed by atoms with Crippen molar-refractivity contribution in [3.63, 3.8) is 0 Å². The average molecular weight is 419 g/mol. The number of rotatable bonds is 7. The van der Waals surface area contributed by atoms with E-state index in [1.807, 2.05) is 30.3 Å². The number of sulfonamides is 1. The third-order valence-corrected chi connectivity index (χ3v) is 7.36. The molecule has 1 N–H and O–H groups in total. The number of hydrogen-bond donors (Lipinski definition) is 1. The van der Waals surface area contributed by atoms with Gasteiger partial charge in [0.1, 0.15) is 4.90 Å². The summed E-state index contributed by atoms with van der Waals surface area (Å²) in [7, 11) is -1.54.